The largest absolute Gasteiger partial charge is 0.351 e. The first-order valence-corrected chi connectivity index (χ1v) is 12.8. The van der Waals surface area contributed by atoms with E-state index >= 15 is 0 Å². The molecule has 4 aromatic rings. The van der Waals surface area contributed by atoms with Gasteiger partial charge in [-0.05, 0) is 105 Å². The zero-order valence-electron chi connectivity index (χ0n) is 21.7. The summed E-state index contributed by atoms with van der Waals surface area (Å²) in [6, 6.07) is 22.4. The van der Waals surface area contributed by atoms with E-state index in [-0.39, 0.29) is 18.0 Å². The number of amides is 1. The number of anilines is 2. The highest BCUT2D eigenvalue weighted by Crippen LogP contribution is 2.44. The van der Waals surface area contributed by atoms with Crippen molar-refractivity contribution in [1.82, 2.24) is 14.9 Å². The summed E-state index contributed by atoms with van der Waals surface area (Å²) >= 11 is 5.90. The lowest BCUT2D eigenvalue weighted by molar-refractivity contribution is -0.114. The highest BCUT2D eigenvalue weighted by molar-refractivity contribution is 7.80. The van der Waals surface area contributed by atoms with E-state index in [1.54, 1.807) is 0 Å². The Balaban J connectivity index is 1.65. The van der Waals surface area contributed by atoms with Crippen LogP contribution in [0.3, 0.4) is 0 Å². The third kappa shape index (κ3) is 4.62. The second-order valence-electron chi connectivity index (χ2n) is 9.68. The first-order valence-electron chi connectivity index (χ1n) is 12.4. The number of pyridine rings is 1. The van der Waals surface area contributed by atoms with Crippen molar-refractivity contribution in [3.05, 3.63) is 107 Å². The van der Waals surface area contributed by atoms with Gasteiger partial charge in [0.2, 0.25) is 5.91 Å². The molecule has 0 bridgehead atoms. The maximum Gasteiger partial charge on any atom is 0.221 e. The topological polar surface area (TPSA) is 62.2 Å². The fourth-order valence-electron chi connectivity index (χ4n) is 5.28. The van der Waals surface area contributed by atoms with Crippen LogP contribution in [0.4, 0.5) is 11.4 Å². The monoisotopic (exact) mass is 509 g/mol. The molecular formula is C30H31N5OS. The summed E-state index contributed by atoms with van der Waals surface area (Å²) in [7, 11) is 0. The summed E-state index contributed by atoms with van der Waals surface area (Å²) < 4.78 is 2.34. The Kier molecular flexibility index (Phi) is 6.56. The molecule has 2 atom stereocenters. The molecule has 2 aromatic heterocycles. The van der Waals surface area contributed by atoms with Crippen LogP contribution in [-0.4, -0.2) is 20.6 Å². The number of hydrogen-bond acceptors (Lipinski definition) is 3. The van der Waals surface area contributed by atoms with E-state index in [0.717, 1.165) is 17.1 Å². The molecule has 2 N–H and O–H groups in total. The molecule has 7 heteroatoms. The average molecular weight is 510 g/mol. The molecule has 2 aromatic carbocycles. The molecule has 1 saturated heterocycles. The molecule has 188 valence electrons. The molecule has 0 saturated carbocycles. The van der Waals surface area contributed by atoms with E-state index < -0.39 is 0 Å². The van der Waals surface area contributed by atoms with Crippen molar-refractivity contribution in [2.24, 2.45) is 0 Å². The van der Waals surface area contributed by atoms with Gasteiger partial charge in [-0.15, -0.1) is 0 Å². The third-order valence-electron chi connectivity index (χ3n) is 6.96. The van der Waals surface area contributed by atoms with Gasteiger partial charge in [-0.1, -0.05) is 18.2 Å². The predicted molar refractivity (Wildman–Crippen MR) is 153 cm³/mol. The summed E-state index contributed by atoms with van der Waals surface area (Å²) in [5, 5.41) is 7.03. The van der Waals surface area contributed by atoms with E-state index in [2.05, 4.69) is 77.0 Å². The number of nitrogens with one attached hydrogen (secondary N) is 2. The van der Waals surface area contributed by atoms with Crippen molar-refractivity contribution in [2.45, 2.75) is 46.7 Å². The van der Waals surface area contributed by atoms with Crippen LogP contribution in [0.2, 0.25) is 0 Å². The number of aryl methyl sites for hydroxylation is 3. The normalized spacial score (nSPS) is 17.1. The van der Waals surface area contributed by atoms with Crippen LogP contribution in [0.15, 0.2) is 72.9 Å². The Hall–Kier alpha value is -3.97. The molecule has 6 nitrogen and oxygen atoms in total. The van der Waals surface area contributed by atoms with E-state index in [0.29, 0.717) is 5.11 Å². The minimum Gasteiger partial charge on any atom is -0.351 e. The van der Waals surface area contributed by atoms with Crippen LogP contribution in [0.5, 0.6) is 0 Å². The van der Waals surface area contributed by atoms with Crippen molar-refractivity contribution in [1.29, 1.82) is 0 Å². The Morgan fingerprint density at radius 1 is 1.00 bits per heavy atom. The van der Waals surface area contributed by atoms with Crippen molar-refractivity contribution >= 4 is 34.6 Å². The first kappa shape index (κ1) is 24.7. The number of rotatable bonds is 5. The summed E-state index contributed by atoms with van der Waals surface area (Å²) in [4.78, 5) is 18.4. The number of carbonyl (C=O) groups is 1. The van der Waals surface area contributed by atoms with Gasteiger partial charge >= 0.3 is 0 Å². The minimum atomic E-state index is -0.128. The van der Waals surface area contributed by atoms with Crippen molar-refractivity contribution in [3.8, 4) is 5.69 Å². The average Bonchev–Trinajstić information content (AvgIpc) is 3.36. The quantitative estimate of drug-likeness (QED) is 0.312. The fourth-order valence-corrected chi connectivity index (χ4v) is 5.62. The van der Waals surface area contributed by atoms with Gasteiger partial charge in [-0.3, -0.25) is 9.78 Å². The minimum absolute atomic E-state index is 0.0990. The van der Waals surface area contributed by atoms with Crippen molar-refractivity contribution in [3.63, 3.8) is 0 Å². The molecule has 37 heavy (non-hydrogen) atoms. The SMILES string of the molecule is CC(=O)Nc1ccc(N2C(=S)N[C@@H](c3ccccn3)[C@H]2c2cc(C)n(-c3cc(C)ccc3C)c2C)cc1. The zero-order chi connectivity index (χ0) is 26.3. The Morgan fingerprint density at radius 3 is 2.43 bits per heavy atom. The fraction of sp³-hybridized carbons (Fsp3) is 0.233. The van der Waals surface area contributed by atoms with Crippen LogP contribution in [0, 0.1) is 27.7 Å². The zero-order valence-corrected chi connectivity index (χ0v) is 22.6. The molecule has 0 spiro atoms. The standard InChI is InChI=1S/C30H31N5OS/c1-18-9-10-19(2)27(16-18)34-20(3)17-25(21(34)4)29-28(26-8-6-7-15-31-26)33-30(37)35(29)24-13-11-23(12-14-24)32-22(5)36/h6-17,28-29H,1-5H3,(H,32,36)(H,33,37)/t28-,29+/m0/s1. The number of aromatic nitrogens is 2. The van der Waals surface area contributed by atoms with Crippen LogP contribution in [0.1, 0.15) is 52.8 Å². The maximum atomic E-state index is 11.5. The van der Waals surface area contributed by atoms with Gasteiger partial charge in [0.15, 0.2) is 5.11 Å². The molecule has 3 heterocycles. The molecule has 1 aliphatic heterocycles. The van der Waals surface area contributed by atoms with Gasteiger partial charge in [0.05, 0.1) is 17.8 Å². The lowest BCUT2D eigenvalue weighted by Gasteiger charge is -2.28. The van der Waals surface area contributed by atoms with Gasteiger partial charge in [0.25, 0.3) is 0 Å². The van der Waals surface area contributed by atoms with Gasteiger partial charge < -0.3 is 20.1 Å². The third-order valence-corrected chi connectivity index (χ3v) is 7.27. The molecule has 0 aliphatic carbocycles. The predicted octanol–water partition coefficient (Wildman–Crippen LogP) is 6.24. The highest BCUT2D eigenvalue weighted by atomic mass is 32.1. The van der Waals surface area contributed by atoms with Gasteiger partial charge in [0.1, 0.15) is 0 Å². The van der Waals surface area contributed by atoms with Gasteiger partial charge in [-0.2, -0.15) is 0 Å². The van der Waals surface area contributed by atoms with Gasteiger partial charge in [-0.25, -0.2) is 0 Å². The summed E-state index contributed by atoms with van der Waals surface area (Å²) in [6.07, 6.45) is 1.82. The van der Waals surface area contributed by atoms with Crippen molar-refractivity contribution in [2.75, 3.05) is 10.2 Å². The van der Waals surface area contributed by atoms with E-state index in [4.69, 9.17) is 12.2 Å². The maximum absolute atomic E-state index is 11.5. The first-order chi connectivity index (χ1) is 17.7. The molecule has 5 rings (SSSR count). The second-order valence-corrected chi connectivity index (χ2v) is 10.1. The molecule has 0 unspecified atom stereocenters. The Bertz CT molecular complexity index is 1480. The number of benzene rings is 2. The van der Waals surface area contributed by atoms with Crippen LogP contribution in [0.25, 0.3) is 5.69 Å². The van der Waals surface area contributed by atoms with Crippen molar-refractivity contribution < 1.29 is 4.79 Å². The number of nitrogens with zero attached hydrogens (tertiary/aromatic N) is 3. The lowest BCUT2D eigenvalue weighted by atomic mass is 9.96. The molecule has 1 amide bonds. The molecule has 1 aliphatic rings. The number of thiocarbonyl (C=S) groups is 1. The molecule has 0 radical (unpaired) electrons. The van der Waals surface area contributed by atoms with Crippen LogP contribution in [-0.2, 0) is 4.79 Å². The van der Waals surface area contributed by atoms with Crippen LogP contribution < -0.4 is 15.5 Å². The number of hydrogen-bond donors (Lipinski definition) is 2. The smallest absolute Gasteiger partial charge is 0.221 e. The number of carbonyl (C=O) groups excluding carboxylic acids is 1. The van der Waals surface area contributed by atoms with E-state index in [1.807, 2.05) is 48.7 Å². The summed E-state index contributed by atoms with van der Waals surface area (Å²) in [6.45, 7) is 10.1. The molecular weight excluding hydrogens is 478 g/mol. The van der Waals surface area contributed by atoms with Crippen LogP contribution >= 0.6 is 12.2 Å². The summed E-state index contributed by atoms with van der Waals surface area (Å²) in [5.74, 6) is -0.0990. The Morgan fingerprint density at radius 2 is 1.76 bits per heavy atom. The van der Waals surface area contributed by atoms with E-state index in [9.17, 15) is 4.79 Å². The van der Waals surface area contributed by atoms with E-state index in [1.165, 1.54) is 40.7 Å². The summed E-state index contributed by atoms with van der Waals surface area (Å²) in [5.41, 5.74) is 9.80. The Labute approximate surface area is 223 Å². The molecule has 1 fully saturated rings. The lowest BCUT2D eigenvalue weighted by Crippen LogP contribution is -2.29. The highest BCUT2D eigenvalue weighted by Gasteiger charge is 2.42. The van der Waals surface area contributed by atoms with Gasteiger partial charge in [0, 0.05) is 41.6 Å². The second kappa shape index (κ2) is 9.82.